The number of aromatic nitrogens is 3. The van der Waals surface area contributed by atoms with E-state index in [4.69, 9.17) is 9.05 Å². The highest BCUT2D eigenvalue weighted by Gasteiger charge is 2.15. The summed E-state index contributed by atoms with van der Waals surface area (Å²) in [5, 5.41) is 9.80. The van der Waals surface area contributed by atoms with Crippen LogP contribution in [0.5, 0.6) is 0 Å². The van der Waals surface area contributed by atoms with E-state index in [1.807, 2.05) is 6.92 Å². The molecule has 0 aliphatic carbocycles. The van der Waals surface area contributed by atoms with Gasteiger partial charge < -0.3 is 13.6 Å². The van der Waals surface area contributed by atoms with Crippen LogP contribution in [0.1, 0.15) is 29.8 Å². The van der Waals surface area contributed by atoms with E-state index in [2.05, 4.69) is 20.0 Å². The Kier molecular flexibility index (Phi) is 4.95. The largest absolute Gasteiger partial charge is 0.368 e. The second-order valence-electron chi connectivity index (χ2n) is 5.14. The predicted octanol–water partition coefficient (Wildman–Crippen LogP) is 2.35. The van der Waals surface area contributed by atoms with Crippen LogP contribution in [0.2, 0.25) is 0 Å². The summed E-state index contributed by atoms with van der Waals surface area (Å²) in [6.07, 6.45) is 0.348. The lowest BCUT2D eigenvalue weighted by molar-refractivity contribution is -0.116. The van der Waals surface area contributed by atoms with Crippen molar-refractivity contribution in [2.24, 2.45) is 0 Å². The molecule has 0 unspecified atom stereocenters. The van der Waals surface area contributed by atoms with Crippen molar-refractivity contribution in [1.29, 1.82) is 0 Å². The first-order valence-electron chi connectivity index (χ1n) is 6.90. The normalized spacial score (nSPS) is 10.3. The fourth-order valence-electron chi connectivity index (χ4n) is 1.89. The Bertz CT molecular complexity index is 852. The van der Waals surface area contributed by atoms with E-state index in [0.29, 0.717) is 29.2 Å². The number of ketones is 1. The first-order valence-corrected chi connectivity index (χ1v) is 6.90. The predicted molar refractivity (Wildman–Crippen MR) is 79.9 cm³/mol. The van der Waals surface area contributed by atoms with Gasteiger partial charge in [-0.25, -0.2) is 9.95 Å². The average Bonchev–Trinajstić information content (AvgIpc) is 3.13. The lowest BCUT2D eigenvalue weighted by Gasteiger charge is -1.85. The fourth-order valence-corrected chi connectivity index (χ4v) is 1.89. The van der Waals surface area contributed by atoms with E-state index < -0.39 is 5.63 Å². The molecule has 23 heavy (non-hydrogen) atoms. The van der Waals surface area contributed by atoms with Crippen molar-refractivity contribution < 1.29 is 18.4 Å². The first kappa shape index (κ1) is 16.5. The van der Waals surface area contributed by atoms with Gasteiger partial charge in [0, 0.05) is 12.1 Å². The summed E-state index contributed by atoms with van der Waals surface area (Å²) in [4.78, 5) is 21.7. The molecule has 0 bridgehead atoms. The van der Waals surface area contributed by atoms with Crippen molar-refractivity contribution >= 4 is 5.78 Å². The van der Waals surface area contributed by atoms with Gasteiger partial charge in [0.25, 0.3) is 0 Å². The van der Waals surface area contributed by atoms with Gasteiger partial charge in [0.1, 0.15) is 17.1 Å². The zero-order chi connectivity index (χ0) is 17.0. The molecule has 3 aromatic rings. The molecule has 0 saturated heterocycles. The van der Waals surface area contributed by atoms with E-state index in [1.165, 1.54) is 6.92 Å². The number of aromatic amines is 1. The molecule has 8 heteroatoms. The molecule has 0 aromatic carbocycles. The number of nitrogens with one attached hydrogen (secondary N) is 1. The minimum Gasteiger partial charge on any atom is -0.361 e. The van der Waals surface area contributed by atoms with Crippen molar-refractivity contribution in [1.82, 2.24) is 15.5 Å². The van der Waals surface area contributed by atoms with Gasteiger partial charge in [0.15, 0.2) is 5.76 Å². The summed E-state index contributed by atoms with van der Waals surface area (Å²) in [6.45, 7) is 6.87. The van der Waals surface area contributed by atoms with Gasteiger partial charge in [-0.1, -0.05) is 10.3 Å². The number of rotatable bonds is 3. The molecule has 0 fully saturated rings. The molecule has 0 radical (unpaired) electrons. The van der Waals surface area contributed by atoms with E-state index in [1.54, 1.807) is 26.0 Å². The SMILES string of the molecule is CC(=O)Cc1cc(C)no1.Cc1cc(-c2c(C)[nH]oc2=O)on1. The number of carbonyl (C=O) groups excluding carboxylic acids is 1. The number of hydrogen-bond acceptors (Lipinski definition) is 7. The molecule has 0 aliphatic heterocycles. The molecular weight excluding hydrogens is 302 g/mol. The Morgan fingerprint density at radius 1 is 1.13 bits per heavy atom. The average molecular weight is 319 g/mol. The number of aryl methyl sites for hydroxylation is 3. The van der Waals surface area contributed by atoms with Crippen LogP contribution in [0.25, 0.3) is 11.3 Å². The molecule has 122 valence electrons. The minimum atomic E-state index is -0.436. The van der Waals surface area contributed by atoms with Gasteiger partial charge in [-0.05, 0) is 27.7 Å². The number of hydrogen-bond donors (Lipinski definition) is 1. The molecule has 0 aliphatic rings. The summed E-state index contributed by atoms with van der Waals surface area (Å²) in [5.41, 5.74) is 2.15. The maximum atomic E-state index is 11.2. The van der Waals surface area contributed by atoms with E-state index in [9.17, 15) is 9.59 Å². The van der Waals surface area contributed by atoms with E-state index in [-0.39, 0.29) is 5.78 Å². The molecular formula is C15H17N3O5. The molecule has 3 heterocycles. The fraction of sp³-hybridized carbons (Fsp3) is 0.333. The Morgan fingerprint density at radius 3 is 2.22 bits per heavy atom. The molecule has 1 N–H and O–H groups in total. The summed E-state index contributed by atoms with van der Waals surface area (Å²) in [7, 11) is 0. The van der Waals surface area contributed by atoms with Gasteiger partial charge in [0.05, 0.1) is 23.5 Å². The highest BCUT2D eigenvalue weighted by Crippen LogP contribution is 2.18. The van der Waals surface area contributed by atoms with Gasteiger partial charge in [-0.3, -0.25) is 4.79 Å². The van der Waals surface area contributed by atoms with Gasteiger partial charge in [-0.2, -0.15) is 0 Å². The summed E-state index contributed by atoms with van der Waals surface area (Å²) in [6, 6.07) is 3.45. The number of H-pyrrole nitrogens is 1. The first-order chi connectivity index (χ1) is 10.9. The third kappa shape index (κ3) is 4.29. The molecule has 0 saturated carbocycles. The van der Waals surface area contributed by atoms with Crippen molar-refractivity contribution in [2.45, 2.75) is 34.1 Å². The smallest absolute Gasteiger partial charge is 0.361 e. The van der Waals surface area contributed by atoms with Crippen LogP contribution in [0.4, 0.5) is 0 Å². The maximum absolute atomic E-state index is 11.2. The van der Waals surface area contributed by atoms with Gasteiger partial charge in [0.2, 0.25) is 0 Å². The van der Waals surface area contributed by atoms with E-state index >= 15 is 0 Å². The van der Waals surface area contributed by atoms with Crippen LogP contribution in [0.15, 0.2) is 30.5 Å². The highest BCUT2D eigenvalue weighted by atomic mass is 16.5. The standard InChI is InChI=1S/C8H8N2O3.C7H9NO2/c1-4-3-6(12-9-4)7-5(2)10-13-8(7)11;1-5-3-7(10-8-5)4-6(2)9/h3,10H,1-2H3;3H,4H2,1-2H3. The Labute approximate surface area is 131 Å². The maximum Gasteiger partial charge on any atom is 0.368 e. The third-order valence-electron chi connectivity index (χ3n) is 2.85. The highest BCUT2D eigenvalue weighted by molar-refractivity contribution is 5.77. The number of nitrogens with zero attached hydrogens (tertiary/aromatic N) is 2. The summed E-state index contributed by atoms with van der Waals surface area (Å²) in [5.74, 6) is 1.17. The number of carbonyl (C=O) groups is 1. The monoisotopic (exact) mass is 319 g/mol. The molecule has 0 atom stereocenters. The Hall–Kier alpha value is -2.90. The second kappa shape index (κ2) is 6.91. The summed E-state index contributed by atoms with van der Waals surface area (Å²) < 4.78 is 14.3. The van der Waals surface area contributed by atoms with Crippen molar-refractivity contribution in [3.05, 3.63) is 45.4 Å². The third-order valence-corrected chi connectivity index (χ3v) is 2.85. The van der Waals surface area contributed by atoms with Crippen molar-refractivity contribution in [3.8, 4) is 11.3 Å². The van der Waals surface area contributed by atoms with Crippen molar-refractivity contribution in [2.75, 3.05) is 0 Å². The zero-order valence-corrected chi connectivity index (χ0v) is 13.3. The van der Waals surface area contributed by atoms with Crippen LogP contribution in [-0.4, -0.2) is 21.3 Å². The van der Waals surface area contributed by atoms with Crippen LogP contribution in [0.3, 0.4) is 0 Å². The Balaban J connectivity index is 0.000000174. The zero-order valence-electron chi connectivity index (χ0n) is 13.3. The van der Waals surface area contributed by atoms with Crippen LogP contribution in [-0.2, 0) is 11.2 Å². The summed E-state index contributed by atoms with van der Waals surface area (Å²) >= 11 is 0. The molecule has 0 amide bonds. The topological polar surface area (TPSA) is 115 Å². The lowest BCUT2D eigenvalue weighted by Crippen LogP contribution is -1.95. The van der Waals surface area contributed by atoms with Crippen LogP contribution in [0, 0.1) is 20.8 Å². The van der Waals surface area contributed by atoms with E-state index in [0.717, 1.165) is 11.4 Å². The molecule has 8 nitrogen and oxygen atoms in total. The molecule has 3 rings (SSSR count). The lowest BCUT2D eigenvalue weighted by atomic mass is 10.2. The minimum absolute atomic E-state index is 0.0937. The van der Waals surface area contributed by atoms with Crippen LogP contribution >= 0.6 is 0 Å². The second-order valence-corrected chi connectivity index (χ2v) is 5.14. The Morgan fingerprint density at radius 2 is 1.78 bits per heavy atom. The van der Waals surface area contributed by atoms with Crippen molar-refractivity contribution in [3.63, 3.8) is 0 Å². The number of Topliss-reactive ketones (excluding diaryl/α,β-unsaturated/α-hetero) is 1. The van der Waals surface area contributed by atoms with Gasteiger partial charge in [-0.15, -0.1) is 0 Å². The molecule has 0 spiro atoms. The molecule has 3 aromatic heterocycles. The van der Waals surface area contributed by atoms with Crippen LogP contribution < -0.4 is 5.63 Å². The quantitative estimate of drug-likeness (QED) is 0.787. The van der Waals surface area contributed by atoms with Gasteiger partial charge >= 0.3 is 5.63 Å².